The average molecular weight is 537 g/mol. The topological polar surface area (TPSA) is 30.4 Å². The van der Waals surface area contributed by atoms with Gasteiger partial charge in [-0.15, -0.1) is 0 Å². The summed E-state index contributed by atoms with van der Waals surface area (Å²) >= 11 is 0. The molecule has 9 rings (SSSR count). The molecule has 3 heteroatoms. The molecule has 42 heavy (non-hydrogen) atoms. The number of pyridine rings is 1. The molecule has 6 aromatic carbocycles. The molecule has 0 aliphatic heterocycles. The molecule has 3 nitrogen and oxygen atoms in total. The second-order valence-electron chi connectivity index (χ2n) is 10.8. The average Bonchev–Trinajstić information content (AvgIpc) is 3.71. The highest BCUT2D eigenvalue weighted by molar-refractivity contribution is 6.14. The second-order valence-corrected chi connectivity index (χ2v) is 10.8. The minimum atomic E-state index is 0.915. The minimum Gasteiger partial charge on any atom is -0.455 e. The van der Waals surface area contributed by atoms with Crippen LogP contribution in [0.2, 0.25) is 0 Å². The standard InChI is InChI=1S/C39H24N2O/c1-2-8-25(9-3-1)27-16-18-33-34(23-27)35-24-28(17-19-36(35)41-21-20-40-39(33)41)26-10-6-11-29(22-26)30-13-7-14-32-31-12-4-5-15-37(31)42-38(30)32/h1-24H. The van der Waals surface area contributed by atoms with Crippen LogP contribution in [0.15, 0.2) is 150 Å². The Balaban J connectivity index is 1.25. The van der Waals surface area contributed by atoms with E-state index >= 15 is 0 Å². The van der Waals surface area contributed by atoms with Gasteiger partial charge in [0.1, 0.15) is 16.8 Å². The molecule has 9 aromatic rings. The lowest BCUT2D eigenvalue weighted by Crippen LogP contribution is -1.92. The highest BCUT2D eigenvalue weighted by Gasteiger charge is 2.14. The fourth-order valence-electron chi connectivity index (χ4n) is 6.45. The summed E-state index contributed by atoms with van der Waals surface area (Å²) in [6, 6.07) is 47.5. The lowest BCUT2D eigenvalue weighted by Gasteiger charge is -2.13. The Morgan fingerprint density at radius 1 is 0.476 bits per heavy atom. The number of aromatic nitrogens is 2. The number of hydrogen-bond donors (Lipinski definition) is 0. The van der Waals surface area contributed by atoms with Crippen molar-refractivity contribution in [2.24, 2.45) is 0 Å². The number of fused-ring (bicyclic) bond motifs is 9. The van der Waals surface area contributed by atoms with Crippen LogP contribution in [0, 0.1) is 0 Å². The molecular weight excluding hydrogens is 512 g/mol. The van der Waals surface area contributed by atoms with Crippen molar-refractivity contribution in [1.82, 2.24) is 9.38 Å². The molecule has 3 heterocycles. The molecule has 196 valence electrons. The quantitative estimate of drug-likeness (QED) is 0.210. The van der Waals surface area contributed by atoms with Crippen LogP contribution in [0.3, 0.4) is 0 Å². The van der Waals surface area contributed by atoms with Gasteiger partial charge in [0.25, 0.3) is 0 Å². The van der Waals surface area contributed by atoms with Crippen molar-refractivity contribution in [2.45, 2.75) is 0 Å². The fraction of sp³-hybridized carbons (Fsp3) is 0. The summed E-state index contributed by atoms with van der Waals surface area (Å²) in [5, 5.41) is 5.84. The van der Waals surface area contributed by atoms with Gasteiger partial charge in [0, 0.05) is 39.5 Å². The van der Waals surface area contributed by atoms with E-state index in [1.54, 1.807) is 0 Å². The SMILES string of the molecule is c1ccc(-c2ccc3c(c2)c2cc(-c4cccc(-c5cccc6c5oc5ccccc56)c4)ccc2n2ccnc32)cc1. The second kappa shape index (κ2) is 8.92. The molecule has 0 aliphatic rings. The van der Waals surface area contributed by atoms with E-state index in [0.717, 1.165) is 49.6 Å². The summed E-state index contributed by atoms with van der Waals surface area (Å²) in [5.74, 6) is 0. The van der Waals surface area contributed by atoms with Gasteiger partial charge >= 0.3 is 0 Å². The van der Waals surface area contributed by atoms with E-state index in [9.17, 15) is 0 Å². The first kappa shape index (κ1) is 23.1. The predicted octanol–water partition coefficient (Wildman–Crippen LogP) is 10.5. The van der Waals surface area contributed by atoms with E-state index in [0.29, 0.717) is 0 Å². The number of imidazole rings is 1. The van der Waals surface area contributed by atoms with E-state index in [2.05, 4.69) is 132 Å². The Labute approximate surface area is 241 Å². The maximum atomic E-state index is 6.36. The van der Waals surface area contributed by atoms with Crippen molar-refractivity contribution in [2.75, 3.05) is 0 Å². The largest absolute Gasteiger partial charge is 0.455 e. The third-order valence-electron chi connectivity index (χ3n) is 8.47. The molecule has 0 bridgehead atoms. The maximum Gasteiger partial charge on any atom is 0.145 e. The summed E-state index contributed by atoms with van der Waals surface area (Å²) < 4.78 is 8.56. The smallest absolute Gasteiger partial charge is 0.145 e. The number of para-hydroxylation sites is 2. The van der Waals surface area contributed by atoms with E-state index in [1.807, 2.05) is 18.3 Å². The van der Waals surface area contributed by atoms with Gasteiger partial charge in [-0.25, -0.2) is 4.98 Å². The maximum absolute atomic E-state index is 6.36. The molecule has 0 spiro atoms. The third-order valence-corrected chi connectivity index (χ3v) is 8.47. The molecule has 0 saturated carbocycles. The predicted molar refractivity (Wildman–Crippen MR) is 174 cm³/mol. The summed E-state index contributed by atoms with van der Waals surface area (Å²) in [6.07, 6.45) is 3.94. The van der Waals surface area contributed by atoms with E-state index < -0.39 is 0 Å². The van der Waals surface area contributed by atoms with Crippen molar-refractivity contribution in [1.29, 1.82) is 0 Å². The summed E-state index contributed by atoms with van der Waals surface area (Å²) in [7, 11) is 0. The molecule has 0 amide bonds. The monoisotopic (exact) mass is 536 g/mol. The van der Waals surface area contributed by atoms with Gasteiger partial charge in [0.2, 0.25) is 0 Å². The Morgan fingerprint density at radius 2 is 1.19 bits per heavy atom. The summed E-state index contributed by atoms with van der Waals surface area (Å²) in [6.45, 7) is 0. The number of hydrogen-bond acceptors (Lipinski definition) is 2. The normalized spacial score (nSPS) is 11.8. The number of furan rings is 1. The Bertz CT molecular complexity index is 2470. The first-order valence-corrected chi connectivity index (χ1v) is 14.2. The molecule has 0 atom stereocenters. The first-order chi connectivity index (χ1) is 20.8. The minimum absolute atomic E-state index is 0.915. The van der Waals surface area contributed by atoms with Crippen LogP contribution in [0.1, 0.15) is 0 Å². The number of rotatable bonds is 3. The van der Waals surface area contributed by atoms with E-state index in [1.165, 1.54) is 33.0 Å². The van der Waals surface area contributed by atoms with E-state index in [-0.39, 0.29) is 0 Å². The van der Waals surface area contributed by atoms with Gasteiger partial charge in [-0.3, -0.25) is 4.40 Å². The van der Waals surface area contributed by atoms with Gasteiger partial charge in [0.15, 0.2) is 0 Å². The lowest BCUT2D eigenvalue weighted by atomic mass is 9.95. The highest BCUT2D eigenvalue weighted by Crippen LogP contribution is 2.38. The molecule has 0 unspecified atom stereocenters. The van der Waals surface area contributed by atoms with Gasteiger partial charge in [-0.05, 0) is 69.6 Å². The third kappa shape index (κ3) is 3.44. The number of nitrogens with zero attached hydrogens (tertiary/aromatic N) is 2. The zero-order valence-corrected chi connectivity index (χ0v) is 22.7. The Morgan fingerprint density at radius 3 is 2.14 bits per heavy atom. The van der Waals surface area contributed by atoms with Crippen molar-refractivity contribution in [3.8, 4) is 33.4 Å². The van der Waals surface area contributed by atoms with Gasteiger partial charge in [-0.1, -0.05) is 97.1 Å². The van der Waals surface area contributed by atoms with Crippen LogP contribution in [-0.4, -0.2) is 9.38 Å². The van der Waals surface area contributed by atoms with Crippen molar-refractivity contribution >= 4 is 49.3 Å². The van der Waals surface area contributed by atoms with Crippen molar-refractivity contribution < 1.29 is 4.42 Å². The molecular formula is C39H24N2O. The van der Waals surface area contributed by atoms with Crippen LogP contribution >= 0.6 is 0 Å². The Kier molecular flexibility index (Phi) is 4.90. The van der Waals surface area contributed by atoms with Crippen LogP contribution in [-0.2, 0) is 0 Å². The van der Waals surface area contributed by atoms with Crippen LogP contribution in [0.5, 0.6) is 0 Å². The molecule has 0 radical (unpaired) electrons. The summed E-state index contributed by atoms with van der Waals surface area (Å²) in [4.78, 5) is 4.72. The molecule has 0 saturated heterocycles. The van der Waals surface area contributed by atoms with Crippen LogP contribution in [0.4, 0.5) is 0 Å². The van der Waals surface area contributed by atoms with Crippen LogP contribution < -0.4 is 0 Å². The summed E-state index contributed by atoms with van der Waals surface area (Å²) in [5.41, 5.74) is 11.0. The van der Waals surface area contributed by atoms with Crippen molar-refractivity contribution in [3.63, 3.8) is 0 Å². The van der Waals surface area contributed by atoms with Gasteiger partial charge < -0.3 is 4.42 Å². The lowest BCUT2D eigenvalue weighted by molar-refractivity contribution is 0.670. The zero-order valence-electron chi connectivity index (χ0n) is 22.7. The molecule has 0 aliphatic carbocycles. The first-order valence-electron chi connectivity index (χ1n) is 14.2. The molecule has 0 fully saturated rings. The molecule has 3 aromatic heterocycles. The fourth-order valence-corrected chi connectivity index (χ4v) is 6.45. The molecule has 0 N–H and O–H groups in total. The highest BCUT2D eigenvalue weighted by atomic mass is 16.3. The zero-order chi connectivity index (χ0) is 27.6. The van der Waals surface area contributed by atoms with Gasteiger partial charge in [0.05, 0.1) is 5.52 Å². The van der Waals surface area contributed by atoms with E-state index in [4.69, 9.17) is 9.40 Å². The van der Waals surface area contributed by atoms with Gasteiger partial charge in [-0.2, -0.15) is 0 Å². The van der Waals surface area contributed by atoms with Crippen molar-refractivity contribution in [3.05, 3.63) is 146 Å². The number of benzene rings is 6. The Hall–Kier alpha value is -5.67. The van der Waals surface area contributed by atoms with Crippen LogP contribution in [0.25, 0.3) is 82.6 Å².